The van der Waals surface area contributed by atoms with Crippen LogP contribution >= 0.6 is 11.8 Å². The predicted octanol–water partition coefficient (Wildman–Crippen LogP) is 0.817. The van der Waals surface area contributed by atoms with E-state index in [1.165, 1.54) is 12.2 Å². The highest BCUT2D eigenvalue weighted by Crippen LogP contribution is 2.03. The summed E-state index contributed by atoms with van der Waals surface area (Å²) in [6, 6.07) is 0.770. The number of hydrogen-bond acceptors (Lipinski definition) is 4. The van der Waals surface area contributed by atoms with Gasteiger partial charge in [-0.25, -0.2) is 0 Å². The van der Waals surface area contributed by atoms with E-state index in [0.29, 0.717) is 18.6 Å². The average Bonchev–Trinajstić information content (AvgIpc) is 2.17. The maximum absolute atomic E-state index is 8.76. The molecule has 0 aliphatic rings. The molecule has 4 heteroatoms. The Morgan fingerprint density at radius 1 is 1.43 bits per heavy atom. The zero-order chi connectivity index (χ0) is 10.8. The highest BCUT2D eigenvalue weighted by Gasteiger charge is 2.09. The summed E-state index contributed by atoms with van der Waals surface area (Å²) in [6.07, 6.45) is 5.27. The van der Waals surface area contributed by atoms with Crippen molar-refractivity contribution in [2.75, 3.05) is 25.2 Å². The van der Waals surface area contributed by atoms with Crippen molar-refractivity contribution >= 4 is 11.8 Å². The summed E-state index contributed by atoms with van der Waals surface area (Å²) in [5.74, 6) is 1.20. The Morgan fingerprint density at radius 3 is 2.64 bits per heavy atom. The van der Waals surface area contributed by atoms with Gasteiger partial charge in [0.2, 0.25) is 0 Å². The molecule has 0 bridgehead atoms. The Hall–Kier alpha value is 0.230. The van der Waals surface area contributed by atoms with Gasteiger partial charge in [0.15, 0.2) is 0 Å². The summed E-state index contributed by atoms with van der Waals surface area (Å²) < 4.78 is 0. The van der Waals surface area contributed by atoms with Crippen LogP contribution in [0.4, 0.5) is 0 Å². The van der Waals surface area contributed by atoms with Crippen molar-refractivity contribution < 1.29 is 5.11 Å². The van der Waals surface area contributed by atoms with Gasteiger partial charge in [-0.3, -0.25) is 0 Å². The molecule has 0 amide bonds. The van der Waals surface area contributed by atoms with Crippen LogP contribution in [0, 0.1) is 0 Å². The molecule has 4 N–H and O–H groups in total. The molecule has 2 unspecified atom stereocenters. The number of thioether (sulfide) groups is 1. The Morgan fingerprint density at radius 2 is 2.14 bits per heavy atom. The van der Waals surface area contributed by atoms with Gasteiger partial charge in [0.05, 0.1) is 0 Å². The Labute approximate surface area is 91.8 Å². The molecule has 86 valence electrons. The van der Waals surface area contributed by atoms with Crippen LogP contribution in [0.2, 0.25) is 0 Å². The van der Waals surface area contributed by atoms with E-state index >= 15 is 0 Å². The van der Waals surface area contributed by atoms with Crippen LogP contribution in [0.3, 0.4) is 0 Å². The summed E-state index contributed by atoms with van der Waals surface area (Å²) in [4.78, 5) is 0. The van der Waals surface area contributed by atoms with E-state index in [1.807, 2.05) is 11.8 Å². The van der Waals surface area contributed by atoms with E-state index in [4.69, 9.17) is 10.8 Å². The normalized spacial score (nSPS) is 15.4. The van der Waals surface area contributed by atoms with Crippen LogP contribution in [-0.4, -0.2) is 42.4 Å². The van der Waals surface area contributed by atoms with Crippen molar-refractivity contribution in [2.24, 2.45) is 5.73 Å². The molecule has 0 aliphatic carbocycles. The van der Waals surface area contributed by atoms with Gasteiger partial charge in [-0.2, -0.15) is 11.8 Å². The molecule has 0 aromatic rings. The van der Waals surface area contributed by atoms with Gasteiger partial charge in [0, 0.05) is 25.2 Å². The van der Waals surface area contributed by atoms with Crippen molar-refractivity contribution in [1.82, 2.24) is 5.32 Å². The number of aliphatic hydroxyl groups excluding tert-OH is 1. The zero-order valence-corrected chi connectivity index (χ0v) is 10.1. The lowest BCUT2D eigenvalue weighted by molar-refractivity contribution is 0.261. The van der Waals surface area contributed by atoms with Gasteiger partial charge in [0.25, 0.3) is 0 Å². The molecule has 3 nitrogen and oxygen atoms in total. The van der Waals surface area contributed by atoms with E-state index in [2.05, 4.69) is 18.5 Å². The van der Waals surface area contributed by atoms with Gasteiger partial charge in [-0.05, 0) is 38.2 Å². The lowest BCUT2D eigenvalue weighted by Gasteiger charge is -2.21. The first-order valence-corrected chi connectivity index (χ1v) is 6.69. The third-order valence-electron chi connectivity index (χ3n) is 2.27. The molecule has 0 aromatic heterocycles. The first-order chi connectivity index (χ1) is 6.74. The highest BCUT2D eigenvalue weighted by molar-refractivity contribution is 7.98. The second kappa shape index (κ2) is 9.77. The molecule has 0 saturated heterocycles. The Balaban J connectivity index is 3.55. The molecule has 0 aromatic carbocycles. The minimum atomic E-state index is 0.246. The number of rotatable bonds is 9. The fourth-order valence-corrected chi connectivity index (χ4v) is 1.88. The minimum Gasteiger partial charge on any atom is -0.396 e. The van der Waals surface area contributed by atoms with Crippen molar-refractivity contribution in [3.8, 4) is 0 Å². The summed E-state index contributed by atoms with van der Waals surface area (Å²) in [5, 5.41) is 12.2. The molecule has 0 spiro atoms. The van der Waals surface area contributed by atoms with E-state index in [9.17, 15) is 0 Å². The first-order valence-electron chi connectivity index (χ1n) is 5.30. The van der Waals surface area contributed by atoms with Crippen LogP contribution < -0.4 is 11.1 Å². The largest absolute Gasteiger partial charge is 0.396 e. The van der Waals surface area contributed by atoms with Gasteiger partial charge < -0.3 is 16.2 Å². The summed E-state index contributed by atoms with van der Waals surface area (Å²) in [7, 11) is 0. The molecular formula is C10H24N2OS. The zero-order valence-electron chi connectivity index (χ0n) is 9.33. The van der Waals surface area contributed by atoms with Crippen molar-refractivity contribution in [1.29, 1.82) is 0 Å². The molecule has 0 saturated carbocycles. The van der Waals surface area contributed by atoms with E-state index < -0.39 is 0 Å². The summed E-state index contributed by atoms with van der Waals surface area (Å²) >= 11 is 1.87. The number of nitrogens with one attached hydrogen (secondary N) is 1. The molecule has 0 heterocycles. The average molecular weight is 220 g/mol. The molecule has 0 fully saturated rings. The second-order valence-electron chi connectivity index (χ2n) is 3.65. The molecule has 0 radical (unpaired) electrons. The molecule has 0 aliphatic heterocycles. The summed E-state index contributed by atoms with van der Waals surface area (Å²) in [6.45, 7) is 3.02. The van der Waals surface area contributed by atoms with Gasteiger partial charge in [-0.1, -0.05) is 0 Å². The monoisotopic (exact) mass is 220 g/mol. The SMILES string of the molecule is CSCCCC(CN)NC(C)CCO. The van der Waals surface area contributed by atoms with Crippen molar-refractivity contribution in [2.45, 2.75) is 38.3 Å². The van der Waals surface area contributed by atoms with Crippen LogP contribution in [0.25, 0.3) is 0 Å². The van der Waals surface area contributed by atoms with Crippen molar-refractivity contribution in [3.63, 3.8) is 0 Å². The lowest BCUT2D eigenvalue weighted by atomic mass is 10.1. The second-order valence-corrected chi connectivity index (χ2v) is 4.63. The lowest BCUT2D eigenvalue weighted by Crippen LogP contribution is -2.41. The number of hydrogen-bond donors (Lipinski definition) is 3. The quantitative estimate of drug-likeness (QED) is 0.504. The van der Waals surface area contributed by atoms with E-state index in [1.54, 1.807) is 0 Å². The predicted molar refractivity (Wildman–Crippen MR) is 64.8 cm³/mol. The van der Waals surface area contributed by atoms with Gasteiger partial charge in [0.1, 0.15) is 0 Å². The first kappa shape index (κ1) is 14.2. The number of aliphatic hydroxyl groups is 1. The smallest absolute Gasteiger partial charge is 0.0445 e. The molecule has 0 rings (SSSR count). The number of nitrogens with two attached hydrogens (primary N) is 1. The van der Waals surface area contributed by atoms with E-state index in [-0.39, 0.29) is 6.61 Å². The fraction of sp³-hybridized carbons (Fsp3) is 1.00. The Bertz CT molecular complexity index is 125. The van der Waals surface area contributed by atoms with Crippen molar-refractivity contribution in [3.05, 3.63) is 0 Å². The molecular weight excluding hydrogens is 196 g/mol. The van der Waals surface area contributed by atoms with Crippen LogP contribution in [0.15, 0.2) is 0 Å². The van der Waals surface area contributed by atoms with Crippen LogP contribution in [0.1, 0.15) is 26.2 Å². The Kier molecular flexibility index (Phi) is 9.93. The third kappa shape index (κ3) is 7.62. The summed E-state index contributed by atoms with van der Waals surface area (Å²) in [5.41, 5.74) is 5.67. The van der Waals surface area contributed by atoms with Crippen LogP contribution in [-0.2, 0) is 0 Å². The standard InChI is InChI=1S/C10H24N2OS/c1-9(5-6-13)12-10(8-11)4-3-7-14-2/h9-10,12-13H,3-8,11H2,1-2H3. The third-order valence-corrected chi connectivity index (χ3v) is 2.96. The van der Waals surface area contributed by atoms with Gasteiger partial charge >= 0.3 is 0 Å². The molecule has 14 heavy (non-hydrogen) atoms. The topological polar surface area (TPSA) is 58.3 Å². The van der Waals surface area contributed by atoms with E-state index in [0.717, 1.165) is 12.8 Å². The molecule has 2 atom stereocenters. The van der Waals surface area contributed by atoms with Crippen LogP contribution in [0.5, 0.6) is 0 Å². The highest BCUT2D eigenvalue weighted by atomic mass is 32.2. The minimum absolute atomic E-state index is 0.246. The fourth-order valence-electron chi connectivity index (χ4n) is 1.42. The maximum Gasteiger partial charge on any atom is 0.0445 e. The van der Waals surface area contributed by atoms with Gasteiger partial charge in [-0.15, -0.1) is 0 Å². The maximum atomic E-state index is 8.76.